The summed E-state index contributed by atoms with van der Waals surface area (Å²) >= 11 is 0. The van der Waals surface area contributed by atoms with Gasteiger partial charge in [-0.15, -0.1) is 0 Å². The van der Waals surface area contributed by atoms with Crippen LogP contribution in [0.4, 0.5) is 0 Å². The molecule has 1 saturated heterocycles. The number of nitrogens with one attached hydrogen (secondary N) is 1. The van der Waals surface area contributed by atoms with Crippen molar-refractivity contribution in [1.82, 2.24) is 5.32 Å². The average Bonchev–Trinajstić information content (AvgIpc) is 2.98. The Morgan fingerprint density at radius 3 is 2.60 bits per heavy atom. The molecule has 8 nitrogen and oxygen atoms in total. The Balaban J connectivity index is 2.17. The Kier molecular flexibility index (Phi) is 5.66. The summed E-state index contributed by atoms with van der Waals surface area (Å²) in [5.41, 5.74) is 6.99. The average molecular weight is 346 g/mol. The fourth-order valence-corrected chi connectivity index (χ4v) is 2.55. The molecule has 0 bridgehead atoms. The predicted octanol–water partition coefficient (Wildman–Crippen LogP) is 2.48. The van der Waals surface area contributed by atoms with Gasteiger partial charge in [0.1, 0.15) is 12.2 Å². The summed E-state index contributed by atoms with van der Waals surface area (Å²) in [4.78, 5) is 28.1. The topological polar surface area (TPSA) is 113 Å². The fourth-order valence-electron chi connectivity index (χ4n) is 2.55. The Bertz CT molecular complexity index is 680. The molecule has 0 radical (unpaired) electrons. The number of azide groups is 1. The Morgan fingerprint density at radius 2 is 2.00 bits per heavy atom. The van der Waals surface area contributed by atoms with Crippen molar-refractivity contribution in [1.29, 1.82) is 0 Å². The zero-order valence-corrected chi connectivity index (χ0v) is 14.6. The maximum Gasteiger partial charge on any atom is 0.338 e. The first kappa shape index (κ1) is 18.8. The van der Waals surface area contributed by atoms with Gasteiger partial charge in [0, 0.05) is 11.5 Å². The van der Waals surface area contributed by atoms with Crippen LogP contribution in [-0.4, -0.2) is 35.7 Å². The van der Waals surface area contributed by atoms with Crippen LogP contribution in [0, 0.1) is 0 Å². The molecule has 0 aliphatic carbocycles. The minimum Gasteiger partial charge on any atom is -0.459 e. The monoisotopic (exact) mass is 346 g/mol. The minimum atomic E-state index is -1.67. The molecule has 1 aliphatic rings. The van der Waals surface area contributed by atoms with Gasteiger partial charge in [0.25, 0.3) is 0 Å². The summed E-state index contributed by atoms with van der Waals surface area (Å²) in [6, 6.07) is 8.63. The highest BCUT2D eigenvalue weighted by Gasteiger charge is 2.54. The van der Waals surface area contributed by atoms with Gasteiger partial charge in [-0.3, -0.25) is 5.32 Å². The van der Waals surface area contributed by atoms with Crippen molar-refractivity contribution in [3.8, 4) is 0 Å². The molecule has 1 aliphatic heterocycles. The maximum atomic E-state index is 12.7. The van der Waals surface area contributed by atoms with Crippen LogP contribution in [-0.2, 0) is 25.7 Å². The molecule has 1 fully saturated rings. The second-order valence-electron chi connectivity index (χ2n) is 6.91. The summed E-state index contributed by atoms with van der Waals surface area (Å²) in [5.74, 6) is -1.46. The lowest BCUT2D eigenvalue weighted by molar-refractivity contribution is -0.173. The summed E-state index contributed by atoms with van der Waals surface area (Å²) in [6.45, 7) is 5.39. The standard InChI is InChI=1S/C17H22N4O4/c1-16(2,3)25-15(23)17(9-13(10-19-17)20-21-18)14(22)24-11-12-7-5-4-6-8-12/h4-8,13,19H,9-11H2,1-3H3/t13?,17-/m0/s1. The van der Waals surface area contributed by atoms with E-state index in [0.717, 1.165) is 5.56 Å². The Labute approximate surface area is 146 Å². The van der Waals surface area contributed by atoms with Crippen LogP contribution in [0.15, 0.2) is 35.4 Å². The second-order valence-corrected chi connectivity index (χ2v) is 6.91. The van der Waals surface area contributed by atoms with Crippen molar-refractivity contribution in [3.05, 3.63) is 46.3 Å². The Morgan fingerprint density at radius 1 is 1.32 bits per heavy atom. The molecule has 25 heavy (non-hydrogen) atoms. The molecule has 1 N–H and O–H groups in total. The van der Waals surface area contributed by atoms with Crippen LogP contribution < -0.4 is 5.32 Å². The van der Waals surface area contributed by atoms with Gasteiger partial charge in [-0.1, -0.05) is 35.4 Å². The third kappa shape index (κ3) is 4.71. The van der Waals surface area contributed by atoms with E-state index < -0.39 is 29.1 Å². The molecule has 2 atom stereocenters. The SMILES string of the molecule is CC(C)(C)OC(=O)[C@@]1(C(=O)OCc2ccccc2)CC(N=[N+]=[N-])CN1. The molecule has 134 valence electrons. The van der Waals surface area contributed by atoms with Crippen molar-refractivity contribution in [2.45, 2.75) is 51.0 Å². The number of hydrogen-bond acceptors (Lipinski definition) is 6. The van der Waals surface area contributed by atoms with Gasteiger partial charge >= 0.3 is 11.9 Å². The minimum absolute atomic E-state index is 0.000400. The lowest BCUT2D eigenvalue weighted by Crippen LogP contribution is -2.57. The zero-order chi connectivity index (χ0) is 18.5. The summed E-state index contributed by atoms with van der Waals surface area (Å²) in [6.07, 6.45) is -0.000400. The number of carbonyl (C=O) groups is 2. The smallest absolute Gasteiger partial charge is 0.338 e. The molecular formula is C17H22N4O4. The number of hydrogen-bond donors (Lipinski definition) is 1. The van der Waals surface area contributed by atoms with Gasteiger partial charge in [-0.25, -0.2) is 9.59 Å². The summed E-state index contributed by atoms with van der Waals surface area (Å²) in [5, 5.41) is 6.45. The van der Waals surface area contributed by atoms with E-state index in [1.165, 1.54) is 0 Å². The van der Waals surface area contributed by atoms with Gasteiger partial charge in [0.15, 0.2) is 0 Å². The molecule has 8 heteroatoms. The first-order chi connectivity index (χ1) is 11.8. The number of rotatable bonds is 5. The Hall–Kier alpha value is -2.57. The number of nitrogens with zero attached hydrogens (tertiary/aromatic N) is 3. The van der Waals surface area contributed by atoms with E-state index in [4.69, 9.17) is 15.0 Å². The third-order valence-corrected chi connectivity index (χ3v) is 3.70. The largest absolute Gasteiger partial charge is 0.459 e. The summed E-state index contributed by atoms with van der Waals surface area (Å²) < 4.78 is 10.7. The van der Waals surface area contributed by atoms with Crippen molar-refractivity contribution < 1.29 is 19.1 Å². The molecule has 1 heterocycles. The van der Waals surface area contributed by atoms with Crippen LogP contribution in [0.3, 0.4) is 0 Å². The number of esters is 2. The first-order valence-corrected chi connectivity index (χ1v) is 8.01. The highest BCUT2D eigenvalue weighted by molar-refractivity contribution is 6.05. The fraction of sp³-hybridized carbons (Fsp3) is 0.529. The van der Waals surface area contributed by atoms with Crippen LogP contribution in [0.5, 0.6) is 0 Å². The molecule has 1 aromatic carbocycles. The van der Waals surface area contributed by atoms with E-state index in [0.29, 0.717) is 0 Å². The molecule has 2 rings (SSSR count). The molecule has 0 saturated carbocycles. The van der Waals surface area contributed by atoms with Gasteiger partial charge in [-0.05, 0) is 38.3 Å². The van der Waals surface area contributed by atoms with E-state index in [1.54, 1.807) is 20.8 Å². The van der Waals surface area contributed by atoms with Crippen molar-refractivity contribution >= 4 is 11.9 Å². The van der Waals surface area contributed by atoms with E-state index >= 15 is 0 Å². The molecule has 1 aromatic rings. The molecular weight excluding hydrogens is 324 g/mol. The predicted molar refractivity (Wildman–Crippen MR) is 90.4 cm³/mol. The van der Waals surface area contributed by atoms with Crippen molar-refractivity contribution in [2.24, 2.45) is 5.11 Å². The van der Waals surface area contributed by atoms with E-state index in [-0.39, 0.29) is 19.6 Å². The molecule has 1 unspecified atom stereocenters. The number of benzene rings is 1. The molecule has 0 aromatic heterocycles. The maximum absolute atomic E-state index is 12.7. The highest BCUT2D eigenvalue weighted by atomic mass is 16.6. The lowest BCUT2D eigenvalue weighted by atomic mass is 9.95. The van der Waals surface area contributed by atoms with E-state index in [9.17, 15) is 9.59 Å². The van der Waals surface area contributed by atoms with E-state index in [2.05, 4.69) is 15.3 Å². The van der Waals surface area contributed by atoms with E-state index in [1.807, 2.05) is 30.3 Å². The molecule has 0 amide bonds. The summed E-state index contributed by atoms with van der Waals surface area (Å²) in [7, 11) is 0. The highest BCUT2D eigenvalue weighted by Crippen LogP contribution is 2.27. The van der Waals surface area contributed by atoms with Gasteiger partial charge in [0.05, 0.1) is 6.04 Å². The van der Waals surface area contributed by atoms with Gasteiger partial charge < -0.3 is 9.47 Å². The normalized spacial score (nSPS) is 22.8. The second kappa shape index (κ2) is 7.55. The van der Waals surface area contributed by atoms with Crippen molar-refractivity contribution in [2.75, 3.05) is 6.54 Å². The van der Waals surface area contributed by atoms with Gasteiger partial charge in [0.2, 0.25) is 5.54 Å². The number of carbonyl (C=O) groups excluding carboxylic acids is 2. The third-order valence-electron chi connectivity index (χ3n) is 3.70. The number of ether oxygens (including phenoxy) is 2. The molecule has 0 spiro atoms. The van der Waals surface area contributed by atoms with Crippen LogP contribution in [0.25, 0.3) is 10.4 Å². The van der Waals surface area contributed by atoms with Crippen molar-refractivity contribution in [3.63, 3.8) is 0 Å². The van der Waals surface area contributed by atoms with Crippen LogP contribution >= 0.6 is 0 Å². The van der Waals surface area contributed by atoms with Gasteiger partial charge in [-0.2, -0.15) is 0 Å². The van der Waals surface area contributed by atoms with Crippen LogP contribution in [0.1, 0.15) is 32.8 Å². The zero-order valence-electron chi connectivity index (χ0n) is 14.6. The van der Waals surface area contributed by atoms with Crippen LogP contribution in [0.2, 0.25) is 0 Å². The first-order valence-electron chi connectivity index (χ1n) is 8.01. The quantitative estimate of drug-likeness (QED) is 0.289. The lowest BCUT2D eigenvalue weighted by Gasteiger charge is -2.29.